The molecule has 42 heavy (non-hydrogen) atoms. The van der Waals surface area contributed by atoms with Crippen LogP contribution in [0.5, 0.6) is 0 Å². The van der Waals surface area contributed by atoms with Crippen LogP contribution in [0.4, 0.5) is 0 Å². The zero-order chi connectivity index (χ0) is 30.8. The first-order chi connectivity index (χ1) is 20.0. The second-order valence-electron chi connectivity index (χ2n) is 11.3. The Morgan fingerprint density at radius 1 is 0.810 bits per heavy atom. The summed E-state index contributed by atoms with van der Waals surface area (Å²) in [4.78, 5) is 55.5. The molecule has 0 radical (unpaired) electrons. The Morgan fingerprint density at radius 3 is 2.00 bits per heavy atom. The van der Waals surface area contributed by atoms with Gasteiger partial charge in [0.2, 0.25) is 17.7 Å². The van der Waals surface area contributed by atoms with Crippen molar-refractivity contribution in [2.24, 2.45) is 17.6 Å². The van der Waals surface area contributed by atoms with E-state index in [1.165, 1.54) is 0 Å². The number of carboxylic acids is 1. The van der Waals surface area contributed by atoms with Crippen LogP contribution in [0.3, 0.4) is 0 Å². The number of carboxylic acid groups (broad SMARTS) is 1. The lowest BCUT2D eigenvalue weighted by Gasteiger charge is -2.26. The molecule has 0 aliphatic rings. The largest absolute Gasteiger partial charge is 0.480 e. The van der Waals surface area contributed by atoms with Gasteiger partial charge in [-0.25, -0.2) is 4.79 Å². The van der Waals surface area contributed by atoms with Gasteiger partial charge in [0.15, 0.2) is 0 Å². The Balaban J connectivity index is 1.90. The van der Waals surface area contributed by atoms with Crippen molar-refractivity contribution in [2.75, 3.05) is 0 Å². The van der Waals surface area contributed by atoms with Gasteiger partial charge in [0.05, 0.1) is 6.04 Å². The van der Waals surface area contributed by atoms with Crippen molar-refractivity contribution >= 4 is 34.6 Å². The number of hydrogen-bond donors (Lipinski definition) is 6. The third-order valence-corrected chi connectivity index (χ3v) is 7.53. The SMILES string of the molecule is CCC(C)C(N)C(=O)NC(Cc1ccccc1)C(=O)NC(Cc1c[nH]c2ccccc12)C(=O)NC(CC(C)C)C(=O)O. The molecule has 0 aliphatic heterocycles. The standard InChI is InChI=1S/C32H43N5O5/c1-5-20(4)28(33)31(40)36-25(16-21-11-7-6-8-12-21)29(38)35-26(30(39)37-27(32(41)42)15-19(2)3)17-22-18-34-24-14-10-9-13-23(22)24/h6-14,18-20,25-28,34H,5,15-17,33H2,1-4H3,(H,35,38)(H,36,40)(H,37,39)(H,41,42). The van der Waals surface area contributed by atoms with Gasteiger partial charge >= 0.3 is 5.97 Å². The van der Waals surface area contributed by atoms with E-state index in [1.54, 1.807) is 6.20 Å². The van der Waals surface area contributed by atoms with Gasteiger partial charge in [-0.2, -0.15) is 0 Å². The quantitative estimate of drug-likeness (QED) is 0.162. The highest BCUT2D eigenvalue weighted by Crippen LogP contribution is 2.20. The number of rotatable bonds is 15. The summed E-state index contributed by atoms with van der Waals surface area (Å²) in [5, 5.41) is 18.8. The summed E-state index contributed by atoms with van der Waals surface area (Å²) >= 11 is 0. The minimum Gasteiger partial charge on any atom is -0.480 e. The minimum atomic E-state index is -1.15. The fourth-order valence-electron chi connectivity index (χ4n) is 4.81. The van der Waals surface area contributed by atoms with Crippen LogP contribution in [0, 0.1) is 11.8 Å². The number of aromatic amines is 1. The van der Waals surface area contributed by atoms with Crippen molar-refractivity contribution in [1.82, 2.24) is 20.9 Å². The van der Waals surface area contributed by atoms with Crippen LogP contribution in [0.2, 0.25) is 0 Å². The van der Waals surface area contributed by atoms with Crippen molar-refractivity contribution in [3.05, 3.63) is 71.9 Å². The molecule has 1 aromatic heterocycles. The van der Waals surface area contributed by atoms with Gasteiger partial charge in [0.25, 0.3) is 0 Å². The van der Waals surface area contributed by atoms with Gasteiger partial charge in [-0.1, -0.05) is 82.6 Å². The Hall–Kier alpha value is -4.18. The molecule has 2 aromatic carbocycles. The fourth-order valence-corrected chi connectivity index (χ4v) is 4.81. The molecule has 3 rings (SSSR count). The molecular weight excluding hydrogens is 534 g/mol. The van der Waals surface area contributed by atoms with E-state index < -0.39 is 47.9 Å². The first kappa shape index (κ1) is 32.3. The lowest BCUT2D eigenvalue weighted by molar-refractivity contribution is -0.142. The van der Waals surface area contributed by atoms with Gasteiger partial charge < -0.3 is 31.8 Å². The summed E-state index contributed by atoms with van der Waals surface area (Å²) in [7, 11) is 0. The number of amides is 3. The molecule has 7 N–H and O–H groups in total. The molecule has 3 amide bonds. The molecule has 10 nitrogen and oxygen atoms in total. The predicted octanol–water partition coefficient (Wildman–Crippen LogP) is 2.91. The number of nitrogens with one attached hydrogen (secondary N) is 4. The summed E-state index contributed by atoms with van der Waals surface area (Å²) in [5.41, 5.74) is 8.63. The third kappa shape index (κ3) is 8.91. The molecule has 5 unspecified atom stereocenters. The van der Waals surface area contributed by atoms with Gasteiger partial charge in [-0.05, 0) is 35.4 Å². The molecule has 1 heterocycles. The topological polar surface area (TPSA) is 166 Å². The lowest BCUT2D eigenvalue weighted by Crippen LogP contribution is -2.58. The van der Waals surface area contributed by atoms with Crippen molar-refractivity contribution in [3.63, 3.8) is 0 Å². The fraction of sp³-hybridized carbons (Fsp3) is 0.438. The number of benzene rings is 2. The van der Waals surface area contributed by atoms with Crippen LogP contribution < -0.4 is 21.7 Å². The van der Waals surface area contributed by atoms with Crippen LogP contribution >= 0.6 is 0 Å². The van der Waals surface area contributed by atoms with E-state index in [2.05, 4.69) is 20.9 Å². The zero-order valence-corrected chi connectivity index (χ0v) is 24.7. The maximum absolute atomic E-state index is 13.8. The van der Waals surface area contributed by atoms with Gasteiger partial charge in [-0.15, -0.1) is 0 Å². The predicted molar refractivity (Wildman–Crippen MR) is 162 cm³/mol. The van der Waals surface area contributed by atoms with Crippen molar-refractivity contribution in [3.8, 4) is 0 Å². The molecule has 10 heteroatoms. The number of nitrogens with two attached hydrogens (primary N) is 1. The second kappa shape index (κ2) is 15.2. The number of para-hydroxylation sites is 1. The Bertz CT molecular complexity index is 1360. The Labute approximate surface area is 246 Å². The third-order valence-electron chi connectivity index (χ3n) is 7.53. The molecule has 0 saturated carbocycles. The summed E-state index contributed by atoms with van der Waals surface area (Å²) in [5.74, 6) is -2.88. The molecular formula is C32H43N5O5. The smallest absolute Gasteiger partial charge is 0.326 e. The number of carbonyl (C=O) groups excluding carboxylic acids is 3. The molecule has 3 aromatic rings. The number of aliphatic carboxylic acids is 1. The summed E-state index contributed by atoms with van der Waals surface area (Å²) in [6, 6.07) is 12.8. The number of fused-ring (bicyclic) bond motifs is 1. The van der Waals surface area contributed by atoms with Crippen LogP contribution in [0.25, 0.3) is 10.9 Å². The van der Waals surface area contributed by atoms with Crippen LogP contribution in [-0.4, -0.2) is 57.9 Å². The van der Waals surface area contributed by atoms with E-state index in [4.69, 9.17) is 5.73 Å². The van der Waals surface area contributed by atoms with E-state index in [9.17, 15) is 24.3 Å². The summed E-state index contributed by atoms with van der Waals surface area (Å²) in [6.45, 7) is 7.54. The molecule has 0 spiro atoms. The van der Waals surface area contributed by atoms with Crippen LogP contribution in [-0.2, 0) is 32.0 Å². The number of H-pyrrole nitrogens is 1. The first-order valence-corrected chi connectivity index (χ1v) is 14.5. The van der Waals surface area contributed by atoms with Crippen molar-refractivity contribution < 1.29 is 24.3 Å². The summed E-state index contributed by atoms with van der Waals surface area (Å²) in [6.07, 6.45) is 2.98. The highest BCUT2D eigenvalue weighted by Gasteiger charge is 2.32. The van der Waals surface area contributed by atoms with Crippen LogP contribution in [0.1, 0.15) is 51.7 Å². The van der Waals surface area contributed by atoms with E-state index >= 15 is 0 Å². The second-order valence-corrected chi connectivity index (χ2v) is 11.3. The number of aromatic nitrogens is 1. The monoisotopic (exact) mass is 577 g/mol. The lowest BCUT2D eigenvalue weighted by atomic mass is 9.98. The Kier molecular flexibility index (Phi) is 11.7. The molecule has 0 fully saturated rings. The first-order valence-electron chi connectivity index (χ1n) is 14.5. The zero-order valence-electron chi connectivity index (χ0n) is 24.7. The highest BCUT2D eigenvalue weighted by atomic mass is 16.4. The summed E-state index contributed by atoms with van der Waals surface area (Å²) < 4.78 is 0. The maximum atomic E-state index is 13.8. The molecule has 0 saturated heterocycles. The minimum absolute atomic E-state index is 0.0215. The van der Waals surface area contributed by atoms with E-state index in [-0.39, 0.29) is 31.1 Å². The highest BCUT2D eigenvalue weighted by molar-refractivity contribution is 5.95. The van der Waals surface area contributed by atoms with Gasteiger partial charge in [0, 0.05) is 29.9 Å². The average molecular weight is 578 g/mol. The van der Waals surface area contributed by atoms with Crippen molar-refractivity contribution in [1.29, 1.82) is 0 Å². The van der Waals surface area contributed by atoms with E-state index in [0.717, 1.165) is 22.0 Å². The normalized spacial score (nSPS) is 14.9. The van der Waals surface area contributed by atoms with Gasteiger partial charge in [-0.3, -0.25) is 14.4 Å². The maximum Gasteiger partial charge on any atom is 0.326 e. The number of hydrogen-bond acceptors (Lipinski definition) is 5. The molecule has 5 atom stereocenters. The molecule has 226 valence electrons. The van der Waals surface area contributed by atoms with E-state index in [1.807, 2.05) is 82.3 Å². The van der Waals surface area contributed by atoms with E-state index in [0.29, 0.717) is 6.42 Å². The Morgan fingerprint density at radius 2 is 1.38 bits per heavy atom. The molecule has 0 aliphatic carbocycles. The number of carbonyl (C=O) groups is 4. The van der Waals surface area contributed by atoms with Crippen LogP contribution in [0.15, 0.2) is 60.8 Å². The van der Waals surface area contributed by atoms with Crippen molar-refractivity contribution in [2.45, 2.75) is 77.5 Å². The average Bonchev–Trinajstić information content (AvgIpc) is 3.38. The molecule has 0 bridgehead atoms. The van der Waals surface area contributed by atoms with Gasteiger partial charge in [0.1, 0.15) is 18.1 Å².